The average Bonchev–Trinajstić information content (AvgIpc) is 2.62. The number of benzene rings is 2. The van der Waals surface area contributed by atoms with Crippen LogP contribution in [0.15, 0.2) is 47.4 Å². The van der Waals surface area contributed by atoms with Crippen molar-refractivity contribution in [1.82, 2.24) is 5.32 Å². The maximum Gasteiger partial charge on any atom is 0.277 e. The molecule has 2 aromatic carbocycles. The van der Waals surface area contributed by atoms with Crippen LogP contribution < -0.4 is 15.8 Å². The number of carbonyl (C=O) groups is 1. The van der Waals surface area contributed by atoms with Gasteiger partial charge in [0.15, 0.2) is 0 Å². The smallest absolute Gasteiger partial charge is 0.277 e. The highest BCUT2D eigenvalue weighted by atomic mass is 35.5. The first-order valence-electron chi connectivity index (χ1n) is 8.10. The molecular weight excluding hydrogens is 412 g/mol. The summed E-state index contributed by atoms with van der Waals surface area (Å²) in [7, 11) is -3.95. The molecule has 0 unspecified atom stereocenters. The Morgan fingerprint density at radius 2 is 1.71 bits per heavy atom. The highest BCUT2D eigenvalue weighted by molar-refractivity contribution is 7.92. The number of nitrogens with one attached hydrogen (secondary N) is 2. The molecule has 0 aliphatic rings. The summed E-state index contributed by atoms with van der Waals surface area (Å²) in [5.41, 5.74) is 6.73. The standard InChI is InChI=1S/C18H21F2N3O3S.ClH/c1-12-3-6-14(7-4-12)23-27(25,26)15-8-5-13(2)16(9-15)17(24)22-11-18(19,20)10-21;/h3-9,23H,10-11,21H2,1-2H3,(H,22,24);1H. The molecular formula is C18H22ClF2N3O3S. The van der Waals surface area contributed by atoms with Crippen LogP contribution in [-0.2, 0) is 10.0 Å². The Morgan fingerprint density at radius 1 is 1.11 bits per heavy atom. The molecule has 6 nitrogen and oxygen atoms in total. The van der Waals surface area contributed by atoms with Crippen molar-refractivity contribution in [2.45, 2.75) is 24.7 Å². The van der Waals surface area contributed by atoms with Crippen LogP contribution in [0.4, 0.5) is 14.5 Å². The Bertz CT molecular complexity index is 936. The summed E-state index contributed by atoms with van der Waals surface area (Å²) in [6.45, 7) is 1.62. The fraction of sp³-hybridized carbons (Fsp3) is 0.278. The first kappa shape index (κ1) is 23.8. The molecule has 10 heteroatoms. The summed E-state index contributed by atoms with van der Waals surface area (Å²) in [5.74, 6) is -4.03. The number of aryl methyl sites for hydroxylation is 2. The van der Waals surface area contributed by atoms with Crippen LogP contribution in [0.5, 0.6) is 0 Å². The molecule has 0 radical (unpaired) electrons. The van der Waals surface area contributed by atoms with E-state index in [4.69, 9.17) is 5.73 Å². The molecule has 2 aromatic rings. The van der Waals surface area contributed by atoms with E-state index in [1.807, 2.05) is 6.92 Å². The first-order valence-corrected chi connectivity index (χ1v) is 9.59. The van der Waals surface area contributed by atoms with E-state index in [2.05, 4.69) is 10.0 Å². The van der Waals surface area contributed by atoms with Crippen molar-refractivity contribution >= 4 is 34.0 Å². The van der Waals surface area contributed by atoms with Crippen LogP contribution in [0.25, 0.3) is 0 Å². The summed E-state index contributed by atoms with van der Waals surface area (Å²) in [6.07, 6.45) is 0. The minimum absolute atomic E-state index is 0. The summed E-state index contributed by atoms with van der Waals surface area (Å²) in [4.78, 5) is 12.1. The predicted octanol–water partition coefficient (Wildman–Crippen LogP) is 2.85. The molecule has 2 rings (SSSR count). The largest absolute Gasteiger partial charge is 0.346 e. The van der Waals surface area contributed by atoms with Gasteiger partial charge in [0.05, 0.1) is 18.0 Å². The molecule has 0 bridgehead atoms. The lowest BCUT2D eigenvalue weighted by Crippen LogP contribution is -2.41. The van der Waals surface area contributed by atoms with Crippen LogP contribution in [0, 0.1) is 13.8 Å². The molecule has 0 heterocycles. The quantitative estimate of drug-likeness (QED) is 0.624. The molecule has 0 saturated carbocycles. The highest BCUT2D eigenvalue weighted by Crippen LogP contribution is 2.20. The Balaban J connectivity index is 0.00000392. The number of sulfonamides is 1. The van der Waals surface area contributed by atoms with E-state index in [1.165, 1.54) is 12.1 Å². The zero-order chi connectivity index (χ0) is 20.2. The number of alkyl halides is 2. The minimum atomic E-state index is -3.95. The van der Waals surface area contributed by atoms with Crippen LogP contribution in [0.2, 0.25) is 0 Å². The van der Waals surface area contributed by atoms with Crippen molar-refractivity contribution < 1.29 is 22.0 Å². The van der Waals surface area contributed by atoms with Gasteiger partial charge in [-0.05, 0) is 43.7 Å². The third-order valence-electron chi connectivity index (χ3n) is 3.87. The van der Waals surface area contributed by atoms with Crippen LogP contribution >= 0.6 is 12.4 Å². The van der Waals surface area contributed by atoms with Gasteiger partial charge in [-0.3, -0.25) is 9.52 Å². The van der Waals surface area contributed by atoms with E-state index in [9.17, 15) is 22.0 Å². The minimum Gasteiger partial charge on any atom is -0.346 e. The molecule has 0 aliphatic heterocycles. The van der Waals surface area contributed by atoms with Crippen molar-refractivity contribution in [2.75, 3.05) is 17.8 Å². The van der Waals surface area contributed by atoms with E-state index in [-0.39, 0.29) is 22.9 Å². The number of amides is 1. The van der Waals surface area contributed by atoms with Crippen LogP contribution in [0.3, 0.4) is 0 Å². The molecule has 0 aromatic heterocycles. The lowest BCUT2D eigenvalue weighted by Gasteiger charge is -2.16. The number of hydrogen-bond donors (Lipinski definition) is 3. The molecule has 4 N–H and O–H groups in total. The van der Waals surface area contributed by atoms with Crippen LogP contribution in [-0.4, -0.2) is 33.3 Å². The summed E-state index contributed by atoms with van der Waals surface area (Å²) >= 11 is 0. The number of hydrogen-bond acceptors (Lipinski definition) is 4. The number of carbonyl (C=O) groups excluding carboxylic acids is 1. The van der Waals surface area contributed by atoms with Gasteiger partial charge in [0, 0.05) is 11.3 Å². The Kier molecular flexibility index (Phi) is 7.92. The zero-order valence-electron chi connectivity index (χ0n) is 15.3. The lowest BCUT2D eigenvalue weighted by atomic mass is 10.1. The second-order valence-electron chi connectivity index (χ2n) is 6.19. The molecule has 0 spiro atoms. The van der Waals surface area contributed by atoms with E-state index in [0.717, 1.165) is 11.6 Å². The molecule has 0 aliphatic carbocycles. The summed E-state index contributed by atoms with van der Waals surface area (Å²) in [5, 5.41) is 2.08. The molecule has 154 valence electrons. The average molecular weight is 434 g/mol. The van der Waals surface area contributed by atoms with E-state index < -0.39 is 34.9 Å². The van der Waals surface area contributed by atoms with Gasteiger partial charge in [0.1, 0.15) is 0 Å². The molecule has 0 atom stereocenters. The number of nitrogens with two attached hydrogens (primary N) is 1. The summed E-state index contributed by atoms with van der Waals surface area (Å²) in [6, 6.07) is 10.7. The van der Waals surface area contributed by atoms with Gasteiger partial charge < -0.3 is 11.1 Å². The van der Waals surface area contributed by atoms with Crippen molar-refractivity contribution in [3.05, 3.63) is 59.2 Å². The van der Waals surface area contributed by atoms with Crippen molar-refractivity contribution in [3.8, 4) is 0 Å². The fourth-order valence-corrected chi connectivity index (χ4v) is 3.31. The molecule has 1 amide bonds. The number of halogens is 3. The first-order chi connectivity index (χ1) is 12.5. The van der Waals surface area contributed by atoms with Gasteiger partial charge in [0.25, 0.3) is 21.9 Å². The second kappa shape index (κ2) is 9.31. The number of anilines is 1. The van der Waals surface area contributed by atoms with E-state index in [0.29, 0.717) is 11.3 Å². The van der Waals surface area contributed by atoms with Crippen molar-refractivity contribution in [2.24, 2.45) is 5.73 Å². The van der Waals surface area contributed by atoms with Gasteiger partial charge in [0.2, 0.25) is 0 Å². The van der Waals surface area contributed by atoms with Gasteiger partial charge in [-0.2, -0.15) is 0 Å². The number of rotatable bonds is 7. The maximum atomic E-state index is 13.2. The third kappa shape index (κ3) is 6.15. The molecule has 28 heavy (non-hydrogen) atoms. The summed E-state index contributed by atoms with van der Waals surface area (Å²) < 4.78 is 54.0. The zero-order valence-corrected chi connectivity index (χ0v) is 17.0. The van der Waals surface area contributed by atoms with Gasteiger partial charge >= 0.3 is 0 Å². The Hall–Kier alpha value is -2.23. The maximum absolute atomic E-state index is 13.2. The predicted molar refractivity (Wildman–Crippen MR) is 107 cm³/mol. The topological polar surface area (TPSA) is 101 Å². The normalized spacial score (nSPS) is 11.5. The van der Waals surface area contributed by atoms with Gasteiger partial charge in [-0.1, -0.05) is 23.8 Å². The van der Waals surface area contributed by atoms with Crippen LogP contribution in [0.1, 0.15) is 21.5 Å². The van der Waals surface area contributed by atoms with Gasteiger partial charge in [-0.15, -0.1) is 12.4 Å². The molecule has 0 saturated heterocycles. The molecule has 0 fully saturated rings. The monoisotopic (exact) mass is 433 g/mol. The van der Waals surface area contributed by atoms with E-state index in [1.54, 1.807) is 31.2 Å². The second-order valence-corrected chi connectivity index (χ2v) is 7.87. The lowest BCUT2D eigenvalue weighted by molar-refractivity contribution is 0.0118. The highest BCUT2D eigenvalue weighted by Gasteiger charge is 2.28. The van der Waals surface area contributed by atoms with E-state index >= 15 is 0 Å². The Morgan fingerprint density at radius 3 is 2.29 bits per heavy atom. The SMILES string of the molecule is Cc1ccc(NS(=O)(=O)c2ccc(C)c(C(=O)NCC(F)(F)CN)c2)cc1.Cl. The third-order valence-corrected chi connectivity index (χ3v) is 5.25. The fourth-order valence-electron chi connectivity index (χ4n) is 2.23. The van der Waals surface area contributed by atoms with Gasteiger partial charge in [-0.25, -0.2) is 17.2 Å². The Labute approximate surface area is 169 Å². The van der Waals surface area contributed by atoms with Crippen molar-refractivity contribution in [1.29, 1.82) is 0 Å². The van der Waals surface area contributed by atoms with Crippen molar-refractivity contribution in [3.63, 3.8) is 0 Å².